The lowest BCUT2D eigenvalue weighted by atomic mass is 10.1. The summed E-state index contributed by atoms with van der Waals surface area (Å²) >= 11 is 0. The molecule has 0 atom stereocenters. The van der Waals surface area contributed by atoms with Crippen LogP contribution in [0.15, 0.2) is 0 Å². The monoisotopic (exact) mass is 151 g/mol. The third kappa shape index (κ3) is 3.77. The van der Waals surface area contributed by atoms with Crippen LogP contribution >= 0.6 is 0 Å². The molecule has 1 rings (SSSR count). The first kappa shape index (κ1) is 9.82. The minimum atomic E-state index is -2.38. The number of hydrogen-bond donors (Lipinski definition) is 1. The summed E-state index contributed by atoms with van der Waals surface area (Å²) in [6, 6.07) is 0. The van der Waals surface area contributed by atoms with Crippen molar-refractivity contribution in [2.45, 2.75) is 32.6 Å². The zero-order chi connectivity index (χ0) is 8.04. The van der Waals surface area contributed by atoms with E-state index in [1.165, 1.54) is 0 Å². The Kier molecular flexibility index (Phi) is 4.52. The third-order valence-electron chi connectivity index (χ3n) is 1.34. The molecule has 1 aliphatic rings. The van der Waals surface area contributed by atoms with Crippen LogP contribution in [-0.4, -0.2) is 19.0 Å². The second kappa shape index (κ2) is 4.61. The van der Waals surface area contributed by atoms with Crippen LogP contribution in [0, 0.1) is 0 Å². The van der Waals surface area contributed by atoms with Gasteiger partial charge >= 0.3 is 0 Å². The molecule has 0 spiro atoms. The molecule has 0 aliphatic carbocycles. The van der Waals surface area contributed by atoms with Crippen molar-refractivity contribution in [2.75, 3.05) is 13.1 Å². The van der Waals surface area contributed by atoms with E-state index in [1.807, 2.05) is 13.8 Å². The minimum Gasteiger partial charge on any atom is -0.316 e. The van der Waals surface area contributed by atoms with Crippen molar-refractivity contribution < 1.29 is 8.78 Å². The number of nitrogens with one attached hydrogen (secondary N) is 1. The van der Waals surface area contributed by atoms with Gasteiger partial charge in [-0.3, -0.25) is 0 Å². The van der Waals surface area contributed by atoms with Crippen molar-refractivity contribution in [3.8, 4) is 0 Å². The summed E-state index contributed by atoms with van der Waals surface area (Å²) < 4.78 is 24.3. The van der Waals surface area contributed by atoms with Crippen LogP contribution in [-0.2, 0) is 0 Å². The highest BCUT2D eigenvalue weighted by Gasteiger charge is 2.30. The molecule has 0 saturated carbocycles. The molecule has 0 aromatic heterocycles. The molecule has 1 fully saturated rings. The Morgan fingerprint density at radius 2 is 1.50 bits per heavy atom. The summed E-state index contributed by atoms with van der Waals surface area (Å²) in [5.41, 5.74) is 0. The highest BCUT2D eigenvalue weighted by atomic mass is 19.3. The van der Waals surface area contributed by atoms with Crippen LogP contribution in [0.25, 0.3) is 0 Å². The summed E-state index contributed by atoms with van der Waals surface area (Å²) in [7, 11) is 0. The molecule has 1 N–H and O–H groups in total. The maximum atomic E-state index is 12.2. The van der Waals surface area contributed by atoms with Crippen LogP contribution in [0.5, 0.6) is 0 Å². The molecule has 1 saturated heterocycles. The standard InChI is InChI=1S/C5H9F2N.C2H6/c6-5(7)1-3-8-4-2-5;1-2/h8H,1-4H2;1-2H3. The largest absolute Gasteiger partial charge is 0.316 e. The van der Waals surface area contributed by atoms with Gasteiger partial charge in [0.25, 0.3) is 5.92 Å². The first-order chi connectivity index (χ1) is 4.71. The number of hydrogen-bond acceptors (Lipinski definition) is 1. The van der Waals surface area contributed by atoms with Crippen LogP contribution < -0.4 is 5.32 Å². The second-order valence-electron chi connectivity index (χ2n) is 2.11. The average molecular weight is 151 g/mol. The summed E-state index contributed by atoms with van der Waals surface area (Å²) in [4.78, 5) is 0. The van der Waals surface area contributed by atoms with Crippen molar-refractivity contribution >= 4 is 0 Å². The molecule has 1 aliphatic heterocycles. The zero-order valence-corrected chi connectivity index (χ0v) is 6.58. The van der Waals surface area contributed by atoms with E-state index in [-0.39, 0.29) is 12.8 Å². The van der Waals surface area contributed by atoms with Gasteiger partial charge in [-0.2, -0.15) is 0 Å². The maximum Gasteiger partial charge on any atom is 0.250 e. The Morgan fingerprint density at radius 1 is 1.10 bits per heavy atom. The van der Waals surface area contributed by atoms with Crippen molar-refractivity contribution in [3.05, 3.63) is 0 Å². The van der Waals surface area contributed by atoms with Gasteiger partial charge in [-0.15, -0.1) is 0 Å². The van der Waals surface area contributed by atoms with Crippen molar-refractivity contribution in [3.63, 3.8) is 0 Å². The third-order valence-corrected chi connectivity index (χ3v) is 1.34. The number of piperidine rings is 1. The molecular formula is C7H15F2N. The van der Waals surface area contributed by atoms with Crippen LogP contribution in [0.2, 0.25) is 0 Å². The molecule has 0 aromatic rings. The first-order valence-electron chi connectivity index (χ1n) is 3.79. The summed E-state index contributed by atoms with van der Waals surface area (Å²) in [5, 5.41) is 2.86. The molecule has 0 amide bonds. The smallest absolute Gasteiger partial charge is 0.250 e. The molecule has 0 unspecified atom stereocenters. The van der Waals surface area contributed by atoms with Crippen LogP contribution in [0.3, 0.4) is 0 Å². The Hall–Kier alpha value is -0.180. The van der Waals surface area contributed by atoms with Crippen LogP contribution in [0.4, 0.5) is 8.78 Å². The fourth-order valence-corrected chi connectivity index (χ4v) is 0.793. The number of alkyl halides is 2. The van der Waals surface area contributed by atoms with Gasteiger partial charge in [-0.25, -0.2) is 8.78 Å². The van der Waals surface area contributed by atoms with E-state index >= 15 is 0 Å². The predicted molar refractivity (Wildman–Crippen MR) is 38.4 cm³/mol. The van der Waals surface area contributed by atoms with E-state index in [4.69, 9.17) is 0 Å². The summed E-state index contributed by atoms with van der Waals surface area (Å²) in [6.07, 6.45) is 0.0139. The lowest BCUT2D eigenvalue weighted by Gasteiger charge is -2.21. The molecule has 62 valence electrons. The second-order valence-corrected chi connectivity index (χ2v) is 2.11. The SMILES string of the molecule is CC.FC1(F)CCNCC1. The Labute approximate surface area is 60.8 Å². The zero-order valence-electron chi connectivity index (χ0n) is 6.58. The first-order valence-corrected chi connectivity index (χ1v) is 3.79. The molecule has 3 heteroatoms. The lowest BCUT2D eigenvalue weighted by Crippen LogP contribution is -2.35. The highest BCUT2D eigenvalue weighted by molar-refractivity contribution is 4.73. The van der Waals surface area contributed by atoms with Crippen molar-refractivity contribution in [1.82, 2.24) is 5.32 Å². The van der Waals surface area contributed by atoms with Gasteiger partial charge in [-0.1, -0.05) is 13.8 Å². The van der Waals surface area contributed by atoms with E-state index in [0.29, 0.717) is 13.1 Å². The van der Waals surface area contributed by atoms with Gasteiger partial charge in [0.2, 0.25) is 0 Å². The molecular weight excluding hydrogens is 136 g/mol. The Bertz CT molecular complexity index is 75.7. The molecule has 1 nitrogen and oxygen atoms in total. The van der Waals surface area contributed by atoms with E-state index in [9.17, 15) is 8.78 Å². The van der Waals surface area contributed by atoms with Gasteiger partial charge < -0.3 is 5.32 Å². The summed E-state index contributed by atoms with van der Waals surface area (Å²) in [6.45, 7) is 4.93. The molecule has 10 heavy (non-hydrogen) atoms. The van der Waals surface area contributed by atoms with Crippen molar-refractivity contribution in [2.24, 2.45) is 0 Å². The fourth-order valence-electron chi connectivity index (χ4n) is 0.793. The minimum absolute atomic E-state index is 0.00694. The Morgan fingerprint density at radius 3 is 1.70 bits per heavy atom. The van der Waals surface area contributed by atoms with E-state index < -0.39 is 5.92 Å². The van der Waals surface area contributed by atoms with Gasteiger partial charge in [0.05, 0.1) is 0 Å². The average Bonchev–Trinajstić information content (AvgIpc) is 1.92. The van der Waals surface area contributed by atoms with Crippen molar-refractivity contribution in [1.29, 1.82) is 0 Å². The molecule has 0 bridgehead atoms. The van der Waals surface area contributed by atoms with Gasteiger partial charge in [-0.05, 0) is 0 Å². The highest BCUT2D eigenvalue weighted by Crippen LogP contribution is 2.23. The quantitative estimate of drug-likeness (QED) is 0.558. The molecule has 1 heterocycles. The van der Waals surface area contributed by atoms with E-state index in [2.05, 4.69) is 5.32 Å². The normalized spacial score (nSPS) is 22.8. The molecule has 0 aromatic carbocycles. The molecule has 0 radical (unpaired) electrons. The fraction of sp³-hybridized carbons (Fsp3) is 1.00. The summed E-state index contributed by atoms with van der Waals surface area (Å²) in [5.74, 6) is -2.38. The van der Waals surface area contributed by atoms with Gasteiger partial charge in [0.15, 0.2) is 0 Å². The topological polar surface area (TPSA) is 12.0 Å². The van der Waals surface area contributed by atoms with Gasteiger partial charge in [0.1, 0.15) is 0 Å². The van der Waals surface area contributed by atoms with E-state index in [1.54, 1.807) is 0 Å². The van der Waals surface area contributed by atoms with E-state index in [0.717, 1.165) is 0 Å². The van der Waals surface area contributed by atoms with Crippen LogP contribution in [0.1, 0.15) is 26.7 Å². The lowest BCUT2D eigenvalue weighted by molar-refractivity contribution is -0.0274. The Balaban J connectivity index is 0.000000371. The number of halogens is 2. The number of rotatable bonds is 0. The van der Waals surface area contributed by atoms with Gasteiger partial charge in [0, 0.05) is 25.9 Å². The predicted octanol–water partition coefficient (Wildman–Crippen LogP) is 2.03. The maximum absolute atomic E-state index is 12.2.